The first-order chi connectivity index (χ1) is 7.19. The number of aliphatic hydroxyl groups is 1. The summed E-state index contributed by atoms with van der Waals surface area (Å²) in [5.74, 6) is 0. The van der Waals surface area contributed by atoms with Gasteiger partial charge in [0.15, 0.2) is 0 Å². The van der Waals surface area contributed by atoms with Crippen molar-refractivity contribution in [1.29, 1.82) is 5.26 Å². The maximum absolute atomic E-state index is 13.2. The van der Waals surface area contributed by atoms with Gasteiger partial charge in [0.25, 0.3) is 0 Å². The highest BCUT2D eigenvalue weighted by Crippen LogP contribution is 2.42. The molecule has 4 heteroatoms. The van der Waals surface area contributed by atoms with Crippen molar-refractivity contribution in [3.05, 3.63) is 0 Å². The molecule has 0 aromatic carbocycles. The van der Waals surface area contributed by atoms with Crippen molar-refractivity contribution < 1.29 is 9.50 Å². The molecule has 1 heterocycles. The van der Waals surface area contributed by atoms with Gasteiger partial charge in [-0.3, -0.25) is 4.90 Å². The van der Waals surface area contributed by atoms with Crippen molar-refractivity contribution in [2.75, 3.05) is 19.7 Å². The minimum absolute atomic E-state index is 0.00191. The van der Waals surface area contributed by atoms with Gasteiger partial charge in [0.2, 0.25) is 0 Å². The third-order valence-corrected chi connectivity index (χ3v) is 3.74. The molecule has 2 rings (SSSR count). The standard InChI is InChI=1S/C11H17FN2O/c12-9-4-10(6-15)14(5-9)8-11(7-13)2-1-3-11/h9-10,15H,1-6,8H2/t9-,10-/m0/s1. The highest BCUT2D eigenvalue weighted by molar-refractivity contribution is 5.07. The second kappa shape index (κ2) is 4.07. The van der Waals surface area contributed by atoms with Gasteiger partial charge in [0.1, 0.15) is 6.17 Å². The zero-order valence-corrected chi connectivity index (χ0v) is 8.82. The minimum Gasteiger partial charge on any atom is -0.395 e. The fourth-order valence-corrected chi connectivity index (χ4v) is 2.60. The van der Waals surface area contributed by atoms with E-state index in [-0.39, 0.29) is 18.1 Å². The number of halogens is 1. The van der Waals surface area contributed by atoms with Crippen LogP contribution >= 0.6 is 0 Å². The monoisotopic (exact) mass is 212 g/mol. The van der Waals surface area contributed by atoms with Crippen LogP contribution in [0.3, 0.4) is 0 Å². The molecule has 84 valence electrons. The van der Waals surface area contributed by atoms with Crippen LogP contribution in [0.4, 0.5) is 4.39 Å². The quantitative estimate of drug-likeness (QED) is 0.761. The van der Waals surface area contributed by atoms with E-state index in [1.54, 1.807) is 0 Å². The first-order valence-corrected chi connectivity index (χ1v) is 5.59. The molecule has 1 N–H and O–H groups in total. The summed E-state index contributed by atoms with van der Waals surface area (Å²) in [6.45, 7) is 1.02. The molecule has 2 atom stereocenters. The number of hydrogen-bond acceptors (Lipinski definition) is 3. The zero-order valence-electron chi connectivity index (χ0n) is 8.82. The first kappa shape index (κ1) is 10.8. The van der Waals surface area contributed by atoms with Crippen molar-refractivity contribution in [3.63, 3.8) is 0 Å². The Bertz CT molecular complexity index is 272. The fourth-order valence-electron chi connectivity index (χ4n) is 2.60. The van der Waals surface area contributed by atoms with Crippen LogP contribution in [-0.2, 0) is 0 Å². The number of rotatable bonds is 3. The van der Waals surface area contributed by atoms with E-state index in [1.807, 2.05) is 4.90 Å². The number of likely N-dealkylation sites (tertiary alicyclic amines) is 1. The maximum atomic E-state index is 13.2. The predicted octanol–water partition coefficient (Wildman–Crippen LogP) is 1.08. The lowest BCUT2D eigenvalue weighted by atomic mass is 9.69. The van der Waals surface area contributed by atoms with Crippen LogP contribution in [-0.4, -0.2) is 41.9 Å². The van der Waals surface area contributed by atoms with Gasteiger partial charge in [-0.05, 0) is 19.3 Å². The highest BCUT2D eigenvalue weighted by Gasteiger charge is 2.42. The average Bonchev–Trinajstić information content (AvgIpc) is 2.52. The Labute approximate surface area is 89.5 Å². The second-order valence-electron chi connectivity index (χ2n) is 4.84. The SMILES string of the molecule is N#CC1(CN2C[C@@H](F)C[C@H]2CO)CCC1. The molecule has 0 radical (unpaired) electrons. The third kappa shape index (κ3) is 1.99. The van der Waals surface area contributed by atoms with E-state index < -0.39 is 6.17 Å². The van der Waals surface area contributed by atoms with Crippen molar-refractivity contribution in [1.82, 2.24) is 4.90 Å². The highest BCUT2D eigenvalue weighted by atomic mass is 19.1. The molecule has 3 nitrogen and oxygen atoms in total. The average molecular weight is 212 g/mol. The van der Waals surface area contributed by atoms with E-state index in [4.69, 9.17) is 10.4 Å². The third-order valence-electron chi connectivity index (χ3n) is 3.74. The Morgan fingerprint density at radius 3 is 2.73 bits per heavy atom. The van der Waals surface area contributed by atoms with Crippen LogP contribution in [0.2, 0.25) is 0 Å². The van der Waals surface area contributed by atoms with Crippen LogP contribution in [0.1, 0.15) is 25.7 Å². The Kier molecular flexibility index (Phi) is 2.94. The molecular weight excluding hydrogens is 195 g/mol. The topological polar surface area (TPSA) is 47.3 Å². The van der Waals surface area contributed by atoms with E-state index in [9.17, 15) is 4.39 Å². The molecule has 1 saturated heterocycles. The van der Waals surface area contributed by atoms with Gasteiger partial charge in [0.05, 0.1) is 18.1 Å². The number of aliphatic hydroxyl groups excluding tert-OH is 1. The Balaban J connectivity index is 1.96. The van der Waals surface area contributed by atoms with Crippen molar-refractivity contribution in [2.45, 2.75) is 37.9 Å². The van der Waals surface area contributed by atoms with Gasteiger partial charge in [-0.15, -0.1) is 0 Å². The van der Waals surface area contributed by atoms with Crippen LogP contribution < -0.4 is 0 Å². The summed E-state index contributed by atoms with van der Waals surface area (Å²) in [5.41, 5.74) is -0.252. The van der Waals surface area contributed by atoms with E-state index in [0.717, 1.165) is 19.3 Å². The molecule has 1 saturated carbocycles. The number of nitrogens with zero attached hydrogens (tertiary/aromatic N) is 2. The molecule has 15 heavy (non-hydrogen) atoms. The van der Waals surface area contributed by atoms with Crippen LogP contribution in [0.5, 0.6) is 0 Å². The van der Waals surface area contributed by atoms with Gasteiger partial charge in [-0.25, -0.2) is 4.39 Å². The minimum atomic E-state index is -0.835. The van der Waals surface area contributed by atoms with Crippen molar-refractivity contribution >= 4 is 0 Å². The van der Waals surface area contributed by atoms with Crippen LogP contribution in [0.15, 0.2) is 0 Å². The molecule has 2 aliphatic rings. The number of alkyl halides is 1. The summed E-state index contributed by atoms with van der Waals surface area (Å²) in [7, 11) is 0. The van der Waals surface area contributed by atoms with Crippen LogP contribution in [0.25, 0.3) is 0 Å². The largest absolute Gasteiger partial charge is 0.395 e. The van der Waals surface area contributed by atoms with Gasteiger partial charge in [-0.1, -0.05) is 6.42 Å². The van der Waals surface area contributed by atoms with Gasteiger partial charge >= 0.3 is 0 Å². The molecule has 1 aliphatic carbocycles. The lowest BCUT2D eigenvalue weighted by Gasteiger charge is -2.39. The van der Waals surface area contributed by atoms with Gasteiger partial charge in [0, 0.05) is 19.1 Å². The number of nitriles is 1. The maximum Gasteiger partial charge on any atom is 0.114 e. The lowest BCUT2D eigenvalue weighted by molar-refractivity contribution is 0.0846. The van der Waals surface area contributed by atoms with E-state index in [2.05, 4.69) is 6.07 Å². The van der Waals surface area contributed by atoms with E-state index >= 15 is 0 Å². The molecule has 0 bridgehead atoms. The first-order valence-electron chi connectivity index (χ1n) is 5.59. The Hall–Kier alpha value is -0.660. The summed E-state index contributed by atoms with van der Waals surface area (Å²) < 4.78 is 13.2. The smallest absolute Gasteiger partial charge is 0.114 e. The molecule has 0 aromatic heterocycles. The summed E-state index contributed by atoms with van der Waals surface area (Å²) in [5, 5.41) is 18.2. The van der Waals surface area contributed by atoms with Gasteiger partial charge < -0.3 is 5.11 Å². The molecule has 0 amide bonds. The summed E-state index contributed by atoms with van der Waals surface area (Å²) in [6.07, 6.45) is 2.53. The fraction of sp³-hybridized carbons (Fsp3) is 0.909. The predicted molar refractivity (Wildman–Crippen MR) is 53.9 cm³/mol. The van der Waals surface area contributed by atoms with Crippen molar-refractivity contribution in [3.8, 4) is 6.07 Å². The Morgan fingerprint density at radius 2 is 2.27 bits per heavy atom. The van der Waals surface area contributed by atoms with E-state index in [0.29, 0.717) is 19.5 Å². The normalized spacial score (nSPS) is 34.7. The summed E-state index contributed by atoms with van der Waals surface area (Å²) in [6, 6.07) is 2.28. The molecular formula is C11H17FN2O. The molecule has 1 aliphatic heterocycles. The Morgan fingerprint density at radius 1 is 1.53 bits per heavy atom. The second-order valence-corrected chi connectivity index (χ2v) is 4.84. The van der Waals surface area contributed by atoms with Crippen LogP contribution in [0, 0.1) is 16.7 Å². The van der Waals surface area contributed by atoms with Gasteiger partial charge in [-0.2, -0.15) is 5.26 Å². The zero-order chi connectivity index (χ0) is 10.9. The van der Waals surface area contributed by atoms with Crippen molar-refractivity contribution in [2.24, 2.45) is 5.41 Å². The molecule has 0 spiro atoms. The molecule has 2 fully saturated rings. The molecule has 0 aromatic rings. The summed E-state index contributed by atoms with van der Waals surface area (Å²) in [4.78, 5) is 1.95. The summed E-state index contributed by atoms with van der Waals surface area (Å²) >= 11 is 0. The molecule has 0 unspecified atom stereocenters. The lowest BCUT2D eigenvalue weighted by Crippen LogP contribution is -2.44. The number of hydrogen-bond donors (Lipinski definition) is 1. The van der Waals surface area contributed by atoms with E-state index in [1.165, 1.54) is 0 Å².